The minimum atomic E-state index is -0.900. The van der Waals surface area contributed by atoms with Gasteiger partial charge in [-0.15, -0.1) is 0 Å². The van der Waals surface area contributed by atoms with Crippen LogP contribution in [0.2, 0.25) is 0 Å². The summed E-state index contributed by atoms with van der Waals surface area (Å²) in [6.45, 7) is 2.00. The third kappa shape index (κ3) is 6.58. The van der Waals surface area contributed by atoms with E-state index in [2.05, 4.69) is 15.6 Å². The van der Waals surface area contributed by atoms with Crippen molar-refractivity contribution in [1.82, 2.24) is 15.6 Å². The van der Waals surface area contributed by atoms with Gasteiger partial charge in [0.25, 0.3) is 0 Å². The molecule has 2 atom stereocenters. The first kappa shape index (κ1) is 23.8. The highest BCUT2D eigenvalue weighted by Gasteiger charge is 2.28. The molecule has 33 heavy (non-hydrogen) atoms. The number of nitrogens with one attached hydrogen (secondary N) is 3. The number of hydrogen-bond acceptors (Lipinski definition) is 5. The smallest absolute Gasteiger partial charge is 0.408 e. The van der Waals surface area contributed by atoms with Crippen LogP contribution in [0.25, 0.3) is 10.9 Å². The monoisotopic (exact) mass is 451 g/mol. The first-order valence-electron chi connectivity index (χ1n) is 10.9. The number of esters is 1. The van der Waals surface area contributed by atoms with E-state index in [4.69, 9.17) is 9.47 Å². The van der Waals surface area contributed by atoms with Crippen molar-refractivity contribution in [3.8, 4) is 0 Å². The molecule has 8 heteroatoms. The van der Waals surface area contributed by atoms with E-state index in [9.17, 15) is 14.4 Å². The van der Waals surface area contributed by atoms with Gasteiger partial charge >= 0.3 is 12.1 Å². The number of fused-ring (bicyclic) bond motifs is 1. The predicted octanol–water partition coefficient (Wildman–Crippen LogP) is 3.46. The van der Waals surface area contributed by atoms with E-state index in [1.54, 1.807) is 0 Å². The molecule has 1 heterocycles. The van der Waals surface area contributed by atoms with Crippen LogP contribution in [0.4, 0.5) is 4.79 Å². The zero-order valence-corrected chi connectivity index (χ0v) is 18.8. The molecule has 0 radical (unpaired) electrons. The molecule has 0 aliphatic rings. The number of amides is 2. The summed E-state index contributed by atoms with van der Waals surface area (Å²) in [6.07, 6.45) is 2.42. The van der Waals surface area contributed by atoms with Crippen LogP contribution in [0.1, 0.15) is 30.9 Å². The number of H-pyrrole nitrogens is 1. The molecule has 0 saturated heterocycles. The van der Waals surface area contributed by atoms with Crippen molar-refractivity contribution < 1.29 is 23.9 Å². The number of carbonyl (C=O) groups excluding carboxylic acids is 3. The Balaban J connectivity index is 1.64. The van der Waals surface area contributed by atoms with E-state index in [0.29, 0.717) is 12.8 Å². The van der Waals surface area contributed by atoms with Crippen LogP contribution in [-0.4, -0.2) is 42.1 Å². The van der Waals surface area contributed by atoms with E-state index in [0.717, 1.165) is 22.0 Å². The number of hydrogen-bond donors (Lipinski definition) is 3. The van der Waals surface area contributed by atoms with Crippen molar-refractivity contribution in [1.29, 1.82) is 0 Å². The van der Waals surface area contributed by atoms with Gasteiger partial charge < -0.3 is 25.1 Å². The fourth-order valence-electron chi connectivity index (χ4n) is 3.59. The zero-order valence-electron chi connectivity index (χ0n) is 18.8. The maximum Gasteiger partial charge on any atom is 0.408 e. The fraction of sp³-hybridized carbons (Fsp3) is 0.320. The second-order valence-corrected chi connectivity index (χ2v) is 7.70. The molecular formula is C25H29N3O5. The third-order valence-corrected chi connectivity index (χ3v) is 5.30. The highest BCUT2D eigenvalue weighted by Crippen LogP contribution is 2.19. The Hall–Kier alpha value is -3.81. The van der Waals surface area contributed by atoms with Gasteiger partial charge in [0.1, 0.15) is 18.7 Å². The minimum absolute atomic E-state index is 0.0957. The van der Waals surface area contributed by atoms with Crippen LogP contribution in [0.5, 0.6) is 0 Å². The van der Waals surface area contributed by atoms with Crippen molar-refractivity contribution in [3.05, 3.63) is 71.9 Å². The van der Waals surface area contributed by atoms with Crippen molar-refractivity contribution in [2.45, 2.75) is 44.9 Å². The average molecular weight is 452 g/mol. The van der Waals surface area contributed by atoms with E-state index in [1.165, 1.54) is 7.11 Å². The highest BCUT2D eigenvalue weighted by atomic mass is 16.5. The predicted molar refractivity (Wildman–Crippen MR) is 124 cm³/mol. The van der Waals surface area contributed by atoms with Gasteiger partial charge in [-0.25, -0.2) is 9.59 Å². The first-order valence-corrected chi connectivity index (χ1v) is 10.9. The van der Waals surface area contributed by atoms with Gasteiger partial charge in [-0.3, -0.25) is 4.79 Å². The summed E-state index contributed by atoms with van der Waals surface area (Å²) in [5.41, 5.74) is 2.66. The molecule has 3 N–H and O–H groups in total. The van der Waals surface area contributed by atoms with Gasteiger partial charge in [0.2, 0.25) is 5.91 Å². The van der Waals surface area contributed by atoms with Crippen molar-refractivity contribution in [2.75, 3.05) is 7.11 Å². The Kier molecular flexibility index (Phi) is 8.46. The molecule has 8 nitrogen and oxygen atoms in total. The summed E-state index contributed by atoms with van der Waals surface area (Å²) in [4.78, 5) is 40.8. The molecule has 3 aromatic rings. The van der Waals surface area contributed by atoms with E-state index < -0.39 is 30.1 Å². The molecular weight excluding hydrogens is 422 g/mol. The van der Waals surface area contributed by atoms with Gasteiger partial charge in [0.05, 0.1) is 7.11 Å². The summed E-state index contributed by atoms with van der Waals surface area (Å²) in [5, 5.41) is 6.31. The maximum absolute atomic E-state index is 13.0. The molecule has 0 aliphatic carbocycles. The number of para-hydroxylation sites is 1. The number of aromatic amines is 1. The van der Waals surface area contributed by atoms with Crippen LogP contribution in [0.3, 0.4) is 0 Å². The number of methoxy groups -OCH3 is 1. The Bertz CT molecular complexity index is 1080. The Morgan fingerprint density at radius 3 is 2.42 bits per heavy atom. The summed E-state index contributed by atoms with van der Waals surface area (Å²) in [5.74, 6) is -1.03. The number of aromatic nitrogens is 1. The lowest BCUT2D eigenvalue weighted by atomic mass is 10.0. The molecule has 0 saturated carbocycles. The average Bonchev–Trinajstić information content (AvgIpc) is 3.25. The number of alkyl carbamates (subject to hydrolysis) is 1. The topological polar surface area (TPSA) is 110 Å². The largest absolute Gasteiger partial charge is 0.467 e. The standard InChI is InChI=1S/C25H29N3O5/c1-3-9-21(28-25(31)33-16-17-10-5-4-6-11-17)23(29)27-22(24(30)32-2)14-18-15-26-20-13-8-7-12-19(18)20/h4-8,10-13,15,21-22,26H,3,9,14,16H2,1-2H3,(H,27,29)(H,28,31)/t21-,22-/m0/s1. The van der Waals surface area contributed by atoms with E-state index in [-0.39, 0.29) is 13.0 Å². The Morgan fingerprint density at radius 2 is 1.70 bits per heavy atom. The Labute approximate surface area is 192 Å². The first-order chi connectivity index (χ1) is 16.0. The van der Waals surface area contributed by atoms with E-state index >= 15 is 0 Å². The van der Waals surface area contributed by atoms with Gasteiger partial charge in [-0.2, -0.15) is 0 Å². The van der Waals surface area contributed by atoms with Crippen LogP contribution in [-0.2, 0) is 32.1 Å². The second-order valence-electron chi connectivity index (χ2n) is 7.70. The van der Waals surface area contributed by atoms with Gasteiger partial charge in [0, 0.05) is 23.5 Å². The lowest BCUT2D eigenvalue weighted by Gasteiger charge is -2.22. The van der Waals surface area contributed by atoms with Crippen molar-refractivity contribution in [2.24, 2.45) is 0 Å². The molecule has 1 aromatic heterocycles. The van der Waals surface area contributed by atoms with Gasteiger partial charge in [-0.1, -0.05) is 61.9 Å². The molecule has 3 rings (SSSR count). The summed E-state index contributed by atoms with van der Waals surface area (Å²) < 4.78 is 10.1. The molecule has 0 bridgehead atoms. The lowest BCUT2D eigenvalue weighted by Crippen LogP contribution is -2.52. The quantitative estimate of drug-likeness (QED) is 0.409. The van der Waals surface area contributed by atoms with Crippen LogP contribution in [0, 0.1) is 0 Å². The molecule has 2 aromatic carbocycles. The normalized spacial score (nSPS) is 12.5. The van der Waals surface area contributed by atoms with Crippen LogP contribution >= 0.6 is 0 Å². The number of benzene rings is 2. The summed E-state index contributed by atoms with van der Waals surface area (Å²) in [6, 6.07) is 15.2. The van der Waals surface area contributed by atoms with Crippen LogP contribution < -0.4 is 10.6 Å². The Morgan fingerprint density at radius 1 is 0.970 bits per heavy atom. The lowest BCUT2D eigenvalue weighted by molar-refractivity contribution is -0.145. The third-order valence-electron chi connectivity index (χ3n) is 5.30. The SMILES string of the molecule is CCC[C@H](NC(=O)OCc1ccccc1)C(=O)N[C@@H](Cc1c[nH]c2ccccc12)C(=O)OC. The zero-order chi connectivity index (χ0) is 23.6. The van der Waals surface area contributed by atoms with Crippen LogP contribution in [0.15, 0.2) is 60.8 Å². The van der Waals surface area contributed by atoms with Crippen molar-refractivity contribution >= 4 is 28.9 Å². The molecule has 0 spiro atoms. The van der Waals surface area contributed by atoms with Gasteiger partial charge in [-0.05, 0) is 23.6 Å². The summed E-state index contributed by atoms with van der Waals surface area (Å²) in [7, 11) is 1.28. The fourth-order valence-corrected chi connectivity index (χ4v) is 3.59. The molecule has 2 amide bonds. The molecule has 0 unspecified atom stereocenters. The molecule has 174 valence electrons. The number of rotatable bonds is 10. The molecule has 0 fully saturated rings. The van der Waals surface area contributed by atoms with E-state index in [1.807, 2.05) is 67.7 Å². The number of ether oxygens (including phenoxy) is 2. The number of carbonyl (C=O) groups is 3. The summed E-state index contributed by atoms with van der Waals surface area (Å²) >= 11 is 0. The second kappa shape index (κ2) is 11.7. The highest BCUT2D eigenvalue weighted by molar-refractivity contribution is 5.90. The maximum atomic E-state index is 13.0. The van der Waals surface area contributed by atoms with Gasteiger partial charge in [0.15, 0.2) is 0 Å². The molecule has 0 aliphatic heterocycles. The van der Waals surface area contributed by atoms with Crippen molar-refractivity contribution in [3.63, 3.8) is 0 Å². The minimum Gasteiger partial charge on any atom is -0.467 e.